The summed E-state index contributed by atoms with van der Waals surface area (Å²) >= 11 is 0. The van der Waals surface area contributed by atoms with Crippen LogP contribution in [0.4, 0.5) is 5.82 Å². The molecular weight excluding hydrogens is 467 g/mol. The van der Waals surface area contributed by atoms with E-state index in [-0.39, 0.29) is 12.4 Å². The average Bonchev–Trinajstić information content (AvgIpc) is 3.50. The topological polar surface area (TPSA) is 191 Å². The summed E-state index contributed by atoms with van der Waals surface area (Å²) in [5.74, 6) is 0.155. The average molecular weight is 490 g/mol. The molecule has 1 saturated heterocycles. The zero-order valence-electron chi connectivity index (χ0n) is 17.8. The molecule has 0 bridgehead atoms. The lowest BCUT2D eigenvalue weighted by atomic mass is 10.1. The summed E-state index contributed by atoms with van der Waals surface area (Å²) in [6.07, 6.45) is -0.137. The SMILES string of the molecule is Nc1ncnc2c1ncn2[C@@H]1O[C@H](COP(=O)(O)OCCc2c[nH]c3ccccc23)[C@@H](O)[C@H]1O. The molecule has 14 heteroatoms. The number of nitrogens with zero attached hydrogens (tertiary/aromatic N) is 4. The molecule has 3 aromatic heterocycles. The zero-order valence-corrected chi connectivity index (χ0v) is 18.7. The van der Waals surface area contributed by atoms with Gasteiger partial charge in [0.15, 0.2) is 17.7 Å². The van der Waals surface area contributed by atoms with E-state index < -0.39 is 39.0 Å². The molecule has 1 aliphatic rings. The lowest BCUT2D eigenvalue weighted by molar-refractivity contribution is -0.0513. The summed E-state index contributed by atoms with van der Waals surface area (Å²) in [6, 6.07) is 7.70. The Balaban J connectivity index is 1.18. The predicted octanol–water partition coefficient (Wildman–Crippen LogP) is 0.885. The van der Waals surface area contributed by atoms with Gasteiger partial charge in [0.25, 0.3) is 0 Å². The second-order valence-electron chi connectivity index (χ2n) is 7.84. The summed E-state index contributed by atoms with van der Waals surface area (Å²) < 4.78 is 29.5. The Bertz CT molecular complexity index is 1360. The number of hydrogen-bond acceptors (Lipinski definition) is 10. The van der Waals surface area contributed by atoms with E-state index in [2.05, 4.69) is 19.9 Å². The number of nitrogens with one attached hydrogen (secondary N) is 1. The fourth-order valence-electron chi connectivity index (χ4n) is 3.97. The Kier molecular flexibility index (Phi) is 6.08. The number of nitrogens with two attached hydrogens (primary N) is 1. The first-order chi connectivity index (χ1) is 16.3. The van der Waals surface area contributed by atoms with Crippen LogP contribution in [0.5, 0.6) is 0 Å². The smallest absolute Gasteiger partial charge is 0.387 e. The van der Waals surface area contributed by atoms with Gasteiger partial charge in [-0.15, -0.1) is 0 Å². The maximum absolute atomic E-state index is 12.3. The van der Waals surface area contributed by atoms with Gasteiger partial charge in [-0.25, -0.2) is 19.5 Å². The minimum absolute atomic E-state index is 0.0584. The van der Waals surface area contributed by atoms with Crippen molar-refractivity contribution in [3.63, 3.8) is 0 Å². The highest BCUT2D eigenvalue weighted by atomic mass is 31.2. The molecule has 180 valence electrons. The van der Waals surface area contributed by atoms with Crippen LogP contribution in [-0.2, 0) is 24.8 Å². The number of ether oxygens (including phenoxy) is 1. The minimum Gasteiger partial charge on any atom is -0.387 e. The molecule has 0 amide bonds. The quantitative estimate of drug-likeness (QED) is 0.220. The summed E-state index contributed by atoms with van der Waals surface area (Å²) in [6.45, 7) is -0.545. The van der Waals surface area contributed by atoms with Crippen LogP contribution in [0, 0.1) is 0 Å². The van der Waals surface area contributed by atoms with Crippen molar-refractivity contribution in [3.05, 3.63) is 48.7 Å². The van der Waals surface area contributed by atoms with Gasteiger partial charge in [-0.05, 0) is 18.1 Å². The van der Waals surface area contributed by atoms with Gasteiger partial charge in [-0.2, -0.15) is 0 Å². The van der Waals surface area contributed by atoms with Crippen LogP contribution < -0.4 is 5.73 Å². The highest BCUT2D eigenvalue weighted by Gasteiger charge is 2.45. The maximum Gasteiger partial charge on any atom is 0.472 e. The number of phosphoric ester groups is 1. The molecule has 4 heterocycles. The van der Waals surface area contributed by atoms with Crippen molar-refractivity contribution >= 4 is 35.7 Å². The number of rotatable bonds is 8. The molecular formula is C20H23N6O7P. The van der Waals surface area contributed by atoms with Crippen molar-refractivity contribution < 1.29 is 33.5 Å². The third-order valence-electron chi connectivity index (χ3n) is 5.70. The number of hydrogen-bond donors (Lipinski definition) is 5. The molecule has 1 unspecified atom stereocenters. The molecule has 6 N–H and O–H groups in total. The molecule has 0 aliphatic carbocycles. The third kappa shape index (κ3) is 4.30. The molecule has 5 atom stereocenters. The molecule has 0 spiro atoms. The number of aliphatic hydroxyl groups excluding tert-OH is 2. The van der Waals surface area contributed by atoms with Gasteiger partial charge in [0.2, 0.25) is 0 Å². The fraction of sp³-hybridized carbons (Fsp3) is 0.350. The number of aromatic nitrogens is 5. The molecule has 4 aromatic rings. The van der Waals surface area contributed by atoms with Crippen LogP contribution >= 0.6 is 7.82 Å². The Hall–Kier alpha value is -2.90. The Morgan fingerprint density at radius 2 is 2.00 bits per heavy atom. The number of H-pyrrole nitrogens is 1. The number of para-hydroxylation sites is 1. The van der Waals surface area contributed by atoms with E-state index in [0.29, 0.717) is 17.6 Å². The largest absolute Gasteiger partial charge is 0.472 e. The van der Waals surface area contributed by atoms with E-state index in [0.717, 1.165) is 16.5 Å². The molecule has 13 nitrogen and oxygen atoms in total. The molecule has 1 fully saturated rings. The fourth-order valence-corrected chi connectivity index (χ4v) is 4.70. The van der Waals surface area contributed by atoms with E-state index in [1.807, 2.05) is 30.5 Å². The first-order valence-corrected chi connectivity index (χ1v) is 11.9. The normalized spacial score (nSPS) is 24.7. The van der Waals surface area contributed by atoms with Crippen molar-refractivity contribution in [2.24, 2.45) is 0 Å². The van der Waals surface area contributed by atoms with E-state index in [1.54, 1.807) is 0 Å². The van der Waals surface area contributed by atoms with Crippen molar-refractivity contribution in [1.82, 2.24) is 24.5 Å². The van der Waals surface area contributed by atoms with E-state index in [4.69, 9.17) is 19.5 Å². The molecule has 5 rings (SSSR count). The van der Waals surface area contributed by atoms with E-state index >= 15 is 0 Å². The van der Waals surface area contributed by atoms with Crippen molar-refractivity contribution in [2.45, 2.75) is 31.0 Å². The number of aromatic amines is 1. The van der Waals surface area contributed by atoms with Crippen LogP contribution in [0.25, 0.3) is 22.1 Å². The maximum atomic E-state index is 12.3. The third-order valence-corrected chi connectivity index (χ3v) is 6.69. The molecule has 1 aliphatic heterocycles. The Morgan fingerprint density at radius 1 is 1.18 bits per heavy atom. The van der Waals surface area contributed by atoms with E-state index in [9.17, 15) is 19.7 Å². The highest BCUT2D eigenvalue weighted by Crippen LogP contribution is 2.44. The van der Waals surface area contributed by atoms with Crippen molar-refractivity contribution in [1.29, 1.82) is 0 Å². The van der Waals surface area contributed by atoms with Gasteiger partial charge < -0.3 is 30.6 Å². The molecule has 1 aromatic carbocycles. The van der Waals surface area contributed by atoms with Gasteiger partial charge in [0.05, 0.1) is 19.5 Å². The number of aliphatic hydroxyl groups is 2. The van der Waals surface area contributed by atoms with Gasteiger partial charge in [-0.1, -0.05) is 18.2 Å². The lowest BCUT2D eigenvalue weighted by Gasteiger charge is -2.17. The predicted molar refractivity (Wildman–Crippen MR) is 119 cm³/mol. The number of nitrogen functional groups attached to an aromatic ring is 1. The highest BCUT2D eigenvalue weighted by molar-refractivity contribution is 7.47. The Morgan fingerprint density at radius 3 is 2.85 bits per heavy atom. The second-order valence-corrected chi connectivity index (χ2v) is 9.29. The van der Waals surface area contributed by atoms with Crippen LogP contribution in [-0.4, -0.2) is 71.1 Å². The summed E-state index contributed by atoms with van der Waals surface area (Å²) in [5, 5.41) is 21.9. The lowest BCUT2D eigenvalue weighted by Crippen LogP contribution is -2.33. The first kappa shape index (κ1) is 22.9. The summed E-state index contributed by atoms with van der Waals surface area (Å²) in [4.78, 5) is 25.2. The van der Waals surface area contributed by atoms with Crippen LogP contribution in [0.1, 0.15) is 11.8 Å². The van der Waals surface area contributed by atoms with Gasteiger partial charge in [-0.3, -0.25) is 13.6 Å². The number of benzene rings is 1. The van der Waals surface area contributed by atoms with Crippen molar-refractivity contribution in [2.75, 3.05) is 18.9 Å². The zero-order chi connectivity index (χ0) is 23.9. The Labute approximate surface area is 192 Å². The van der Waals surface area contributed by atoms with Gasteiger partial charge >= 0.3 is 7.82 Å². The van der Waals surface area contributed by atoms with Gasteiger partial charge in [0.1, 0.15) is 30.2 Å². The minimum atomic E-state index is -4.43. The second kappa shape index (κ2) is 9.04. The van der Waals surface area contributed by atoms with Crippen LogP contribution in [0.3, 0.4) is 0 Å². The number of phosphoric acid groups is 1. The number of fused-ring (bicyclic) bond motifs is 2. The monoisotopic (exact) mass is 490 g/mol. The first-order valence-electron chi connectivity index (χ1n) is 10.5. The summed E-state index contributed by atoms with van der Waals surface area (Å²) in [5.41, 5.74) is 8.29. The number of anilines is 1. The standard InChI is InChI=1S/C20H23N6O7P/c21-18-15-19(24-9-23-18)26(10-25-15)20-17(28)16(27)14(33-20)8-32-34(29,30)31-6-5-11-7-22-13-4-2-1-3-12(11)13/h1-4,7,9-10,14,16-17,20,22,27-28H,5-6,8H2,(H,29,30)(H2,21,23,24)/t14-,16-,17-,20-/m1/s1. The molecule has 0 saturated carbocycles. The molecule has 0 radical (unpaired) electrons. The van der Waals surface area contributed by atoms with E-state index in [1.165, 1.54) is 17.2 Å². The summed E-state index contributed by atoms with van der Waals surface area (Å²) in [7, 11) is -4.43. The van der Waals surface area contributed by atoms with Crippen LogP contribution in [0.15, 0.2) is 43.1 Å². The number of imidazole rings is 1. The van der Waals surface area contributed by atoms with Crippen molar-refractivity contribution in [3.8, 4) is 0 Å². The van der Waals surface area contributed by atoms with Gasteiger partial charge in [0, 0.05) is 17.1 Å². The van der Waals surface area contributed by atoms with Crippen LogP contribution in [0.2, 0.25) is 0 Å². The molecule has 34 heavy (non-hydrogen) atoms.